The van der Waals surface area contributed by atoms with E-state index in [9.17, 15) is 4.79 Å². The first-order valence-electron chi connectivity index (χ1n) is 8.94. The molecule has 1 atom stereocenters. The largest absolute Gasteiger partial charge is 0.352 e. The Morgan fingerprint density at radius 2 is 1.93 bits per heavy atom. The van der Waals surface area contributed by atoms with Gasteiger partial charge in [0.15, 0.2) is 0 Å². The van der Waals surface area contributed by atoms with E-state index in [0.717, 1.165) is 23.6 Å². The molecule has 1 aromatic carbocycles. The summed E-state index contributed by atoms with van der Waals surface area (Å²) in [5.41, 5.74) is 3.50. The van der Waals surface area contributed by atoms with Gasteiger partial charge in [-0.2, -0.15) is 5.10 Å². The molecular formula is C20H24N6O. The Morgan fingerprint density at radius 3 is 2.63 bits per heavy atom. The van der Waals surface area contributed by atoms with Gasteiger partial charge in [0.1, 0.15) is 0 Å². The third-order valence-corrected chi connectivity index (χ3v) is 4.15. The molecule has 27 heavy (non-hydrogen) atoms. The van der Waals surface area contributed by atoms with Crippen LogP contribution >= 0.6 is 0 Å². The van der Waals surface area contributed by atoms with Gasteiger partial charge in [0, 0.05) is 42.4 Å². The highest BCUT2D eigenvalue weighted by Crippen LogP contribution is 2.14. The van der Waals surface area contributed by atoms with Crippen molar-refractivity contribution in [2.45, 2.75) is 27.3 Å². The van der Waals surface area contributed by atoms with Crippen molar-refractivity contribution in [3.05, 3.63) is 65.7 Å². The van der Waals surface area contributed by atoms with Crippen molar-refractivity contribution >= 4 is 17.5 Å². The summed E-state index contributed by atoms with van der Waals surface area (Å²) >= 11 is 0. The average Bonchev–Trinajstić information content (AvgIpc) is 2.97. The first-order chi connectivity index (χ1) is 13.0. The third-order valence-electron chi connectivity index (χ3n) is 4.15. The van der Waals surface area contributed by atoms with Crippen LogP contribution in [0, 0.1) is 19.8 Å². The van der Waals surface area contributed by atoms with Gasteiger partial charge in [-0.25, -0.2) is 9.97 Å². The normalized spacial score (nSPS) is 11.8. The van der Waals surface area contributed by atoms with E-state index >= 15 is 0 Å². The van der Waals surface area contributed by atoms with Crippen LogP contribution < -0.4 is 10.6 Å². The second-order valence-corrected chi connectivity index (χ2v) is 6.70. The molecule has 0 aliphatic rings. The number of nitrogens with one attached hydrogen (secondary N) is 2. The molecule has 0 fully saturated rings. The average molecular weight is 364 g/mol. The Kier molecular flexibility index (Phi) is 5.80. The number of amides is 1. The topological polar surface area (TPSA) is 84.7 Å². The van der Waals surface area contributed by atoms with E-state index in [0.29, 0.717) is 18.1 Å². The Hall–Kier alpha value is -3.22. The van der Waals surface area contributed by atoms with Crippen LogP contribution in [-0.4, -0.2) is 32.2 Å². The van der Waals surface area contributed by atoms with E-state index < -0.39 is 0 Å². The van der Waals surface area contributed by atoms with E-state index in [4.69, 9.17) is 0 Å². The van der Waals surface area contributed by atoms with E-state index in [1.165, 1.54) is 0 Å². The zero-order valence-corrected chi connectivity index (χ0v) is 15.8. The van der Waals surface area contributed by atoms with Gasteiger partial charge in [0.2, 0.25) is 5.95 Å². The molecule has 7 heteroatoms. The van der Waals surface area contributed by atoms with Crippen molar-refractivity contribution in [3.8, 4) is 0 Å². The summed E-state index contributed by atoms with van der Waals surface area (Å²) < 4.78 is 1.98. The maximum Gasteiger partial charge on any atom is 0.251 e. The molecule has 0 bridgehead atoms. The number of carbonyl (C=O) groups excluding carboxylic acids is 1. The van der Waals surface area contributed by atoms with Crippen LogP contribution in [0.4, 0.5) is 11.6 Å². The van der Waals surface area contributed by atoms with Gasteiger partial charge < -0.3 is 10.6 Å². The van der Waals surface area contributed by atoms with Crippen LogP contribution in [0.3, 0.4) is 0 Å². The maximum atomic E-state index is 12.5. The van der Waals surface area contributed by atoms with Crippen LogP contribution in [0.1, 0.15) is 28.7 Å². The minimum absolute atomic E-state index is 0.104. The van der Waals surface area contributed by atoms with E-state index in [-0.39, 0.29) is 11.8 Å². The lowest BCUT2D eigenvalue weighted by atomic mass is 10.1. The van der Waals surface area contributed by atoms with E-state index in [1.807, 2.05) is 30.7 Å². The molecule has 2 N–H and O–H groups in total. The number of hydrogen-bond acceptors (Lipinski definition) is 5. The van der Waals surface area contributed by atoms with Gasteiger partial charge >= 0.3 is 0 Å². The third kappa shape index (κ3) is 5.13. The summed E-state index contributed by atoms with van der Waals surface area (Å²) in [6, 6.07) is 11.1. The molecule has 140 valence electrons. The van der Waals surface area contributed by atoms with Crippen molar-refractivity contribution in [3.63, 3.8) is 0 Å². The molecule has 1 amide bonds. The molecule has 0 aliphatic heterocycles. The fourth-order valence-corrected chi connectivity index (χ4v) is 2.82. The Balaban J connectivity index is 1.56. The van der Waals surface area contributed by atoms with Gasteiger partial charge in [0.05, 0.1) is 5.69 Å². The highest BCUT2D eigenvalue weighted by molar-refractivity contribution is 5.95. The Bertz CT molecular complexity index is 906. The van der Waals surface area contributed by atoms with Crippen molar-refractivity contribution in [2.24, 2.45) is 5.92 Å². The first-order valence-corrected chi connectivity index (χ1v) is 8.94. The van der Waals surface area contributed by atoms with Crippen molar-refractivity contribution in [2.75, 3.05) is 11.9 Å². The second kappa shape index (κ2) is 8.44. The molecule has 0 unspecified atom stereocenters. The molecule has 2 heterocycles. The van der Waals surface area contributed by atoms with Crippen LogP contribution in [0.25, 0.3) is 0 Å². The van der Waals surface area contributed by atoms with E-state index in [2.05, 4.69) is 38.7 Å². The molecule has 0 saturated heterocycles. The Morgan fingerprint density at radius 1 is 1.15 bits per heavy atom. The van der Waals surface area contributed by atoms with Gasteiger partial charge in [0.25, 0.3) is 5.91 Å². The molecule has 3 rings (SSSR count). The van der Waals surface area contributed by atoms with Crippen LogP contribution in [0.5, 0.6) is 0 Å². The zero-order chi connectivity index (χ0) is 19.2. The predicted molar refractivity (Wildman–Crippen MR) is 105 cm³/mol. The number of carbonyl (C=O) groups is 1. The fraction of sp³-hybridized carbons (Fsp3) is 0.300. The summed E-state index contributed by atoms with van der Waals surface area (Å²) in [7, 11) is 0. The van der Waals surface area contributed by atoms with Gasteiger partial charge in [-0.3, -0.25) is 9.48 Å². The SMILES string of the molecule is Cc1cc(C)n(C[C@@H](C)CNC(=O)c2cccc(Nc3ncccn3)c2)n1. The lowest BCUT2D eigenvalue weighted by Crippen LogP contribution is -2.30. The monoisotopic (exact) mass is 364 g/mol. The zero-order valence-electron chi connectivity index (χ0n) is 15.8. The van der Waals surface area contributed by atoms with Crippen molar-refractivity contribution in [1.29, 1.82) is 0 Å². The number of nitrogens with zero attached hydrogens (tertiary/aromatic N) is 4. The predicted octanol–water partition coefficient (Wildman–Crippen LogP) is 3.10. The Labute approximate surface area is 158 Å². The standard InChI is InChI=1S/C20H24N6O/c1-14(13-26-16(3)10-15(2)25-26)12-23-19(27)17-6-4-7-18(11-17)24-20-21-8-5-9-22-20/h4-11,14H,12-13H2,1-3H3,(H,23,27)(H,21,22,24)/t14-/m0/s1. The van der Waals surface area contributed by atoms with E-state index in [1.54, 1.807) is 30.6 Å². The minimum atomic E-state index is -0.104. The molecule has 0 radical (unpaired) electrons. The number of aryl methyl sites for hydroxylation is 2. The smallest absolute Gasteiger partial charge is 0.251 e. The number of rotatable bonds is 7. The molecule has 7 nitrogen and oxygen atoms in total. The maximum absolute atomic E-state index is 12.5. The van der Waals surface area contributed by atoms with Crippen LogP contribution in [0.2, 0.25) is 0 Å². The molecule has 2 aromatic heterocycles. The first kappa shape index (κ1) is 18.6. The number of benzene rings is 1. The lowest BCUT2D eigenvalue weighted by molar-refractivity contribution is 0.0946. The molecule has 3 aromatic rings. The van der Waals surface area contributed by atoms with Crippen LogP contribution in [-0.2, 0) is 6.54 Å². The molecular weight excluding hydrogens is 340 g/mol. The molecule has 0 spiro atoms. The number of anilines is 2. The summed E-state index contributed by atoms with van der Waals surface area (Å²) in [4.78, 5) is 20.7. The van der Waals surface area contributed by atoms with Crippen molar-refractivity contribution in [1.82, 2.24) is 25.1 Å². The highest BCUT2D eigenvalue weighted by atomic mass is 16.1. The number of hydrogen-bond donors (Lipinski definition) is 2. The van der Waals surface area contributed by atoms with Gasteiger partial charge in [-0.15, -0.1) is 0 Å². The summed E-state index contributed by atoms with van der Waals surface area (Å²) in [6.45, 7) is 7.47. The second-order valence-electron chi connectivity index (χ2n) is 6.70. The quantitative estimate of drug-likeness (QED) is 0.673. The summed E-state index contributed by atoms with van der Waals surface area (Å²) in [5, 5.41) is 10.6. The summed E-state index contributed by atoms with van der Waals surface area (Å²) in [5.74, 6) is 0.660. The highest BCUT2D eigenvalue weighted by Gasteiger charge is 2.11. The van der Waals surface area contributed by atoms with Crippen LogP contribution in [0.15, 0.2) is 48.8 Å². The minimum Gasteiger partial charge on any atom is -0.352 e. The van der Waals surface area contributed by atoms with Crippen molar-refractivity contribution < 1.29 is 4.79 Å². The van der Waals surface area contributed by atoms with Gasteiger partial charge in [-0.1, -0.05) is 13.0 Å². The molecule has 0 saturated carbocycles. The van der Waals surface area contributed by atoms with Gasteiger partial charge in [-0.05, 0) is 50.1 Å². The summed E-state index contributed by atoms with van der Waals surface area (Å²) in [6.07, 6.45) is 3.33. The lowest BCUT2D eigenvalue weighted by Gasteiger charge is -2.14. The number of aromatic nitrogens is 4. The fourth-order valence-electron chi connectivity index (χ4n) is 2.82. The molecule has 0 aliphatic carbocycles.